The average Bonchev–Trinajstić information content (AvgIpc) is 3.01. The summed E-state index contributed by atoms with van der Waals surface area (Å²) in [5.41, 5.74) is 2.30. The van der Waals surface area contributed by atoms with Gasteiger partial charge in [-0.15, -0.1) is 0 Å². The molecule has 2 heterocycles. The molecular formula is C16H18N2O3. The molecule has 0 radical (unpaired) electrons. The Bertz CT molecular complexity index is 616. The minimum absolute atomic E-state index is 0.240. The van der Waals surface area contributed by atoms with E-state index in [1.165, 1.54) is 5.56 Å². The van der Waals surface area contributed by atoms with Crippen LogP contribution in [0, 0.1) is 0 Å². The summed E-state index contributed by atoms with van der Waals surface area (Å²) in [7, 11) is 1.63. The highest BCUT2D eigenvalue weighted by Gasteiger charge is 2.20. The molecule has 1 unspecified atom stereocenters. The lowest BCUT2D eigenvalue weighted by molar-refractivity contribution is 0.171. The summed E-state index contributed by atoms with van der Waals surface area (Å²) < 4.78 is 16.2. The number of aromatic nitrogens is 1. The Morgan fingerprint density at radius 2 is 2.10 bits per heavy atom. The Kier molecular flexibility index (Phi) is 3.92. The van der Waals surface area contributed by atoms with Gasteiger partial charge in [0, 0.05) is 25.0 Å². The van der Waals surface area contributed by atoms with Crippen molar-refractivity contribution in [3.05, 3.63) is 47.8 Å². The number of hydrogen-bond donors (Lipinski definition) is 1. The minimum atomic E-state index is 0.240. The molecule has 1 aliphatic rings. The van der Waals surface area contributed by atoms with Crippen molar-refractivity contribution in [2.24, 2.45) is 0 Å². The highest BCUT2D eigenvalue weighted by molar-refractivity contribution is 5.55. The van der Waals surface area contributed by atoms with E-state index in [4.69, 9.17) is 14.2 Å². The third kappa shape index (κ3) is 2.92. The molecule has 1 aromatic heterocycles. The van der Waals surface area contributed by atoms with Crippen LogP contribution in [0.2, 0.25) is 0 Å². The van der Waals surface area contributed by atoms with Crippen LogP contribution in [0.5, 0.6) is 17.2 Å². The van der Waals surface area contributed by atoms with Crippen molar-refractivity contribution in [3.63, 3.8) is 0 Å². The molecule has 0 amide bonds. The molecule has 0 aliphatic carbocycles. The summed E-state index contributed by atoms with van der Waals surface area (Å²) in [4.78, 5) is 4.03. The Hall–Kier alpha value is -2.27. The molecule has 0 saturated carbocycles. The van der Waals surface area contributed by atoms with Gasteiger partial charge in [0.05, 0.1) is 7.11 Å². The summed E-state index contributed by atoms with van der Waals surface area (Å²) >= 11 is 0. The second-order valence-electron chi connectivity index (χ2n) is 4.92. The molecule has 21 heavy (non-hydrogen) atoms. The second-order valence-corrected chi connectivity index (χ2v) is 4.92. The van der Waals surface area contributed by atoms with Gasteiger partial charge < -0.3 is 19.5 Å². The zero-order chi connectivity index (χ0) is 14.7. The maximum atomic E-state index is 5.43. The monoisotopic (exact) mass is 286 g/mol. The van der Waals surface area contributed by atoms with E-state index < -0.39 is 0 Å². The number of hydrogen-bond acceptors (Lipinski definition) is 5. The molecule has 1 aromatic carbocycles. The van der Waals surface area contributed by atoms with Crippen molar-refractivity contribution in [1.29, 1.82) is 0 Å². The predicted molar refractivity (Wildman–Crippen MR) is 78.6 cm³/mol. The summed E-state index contributed by atoms with van der Waals surface area (Å²) in [6.07, 6.45) is 3.61. The van der Waals surface area contributed by atoms with E-state index in [9.17, 15) is 0 Å². The van der Waals surface area contributed by atoms with Crippen LogP contribution >= 0.6 is 0 Å². The first-order valence-electron chi connectivity index (χ1n) is 6.87. The van der Waals surface area contributed by atoms with Gasteiger partial charge >= 0.3 is 0 Å². The van der Waals surface area contributed by atoms with Crippen molar-refractivity contribution >= 4 is 0 Å². The van der Waals surface area contributed by atoms with E-state index in [0.29, 0.717) is 11.5 Å². The van der Waals surface area contributed by atoms with Crippen LogP contribution < -0.4 is 19.5 Å². The zero-order valence-corrected chi connectivity index (χ0v) is 12.1. The standard InChI is InChI=1S/C16H18N2O3/c1-11(13-3-5-17-6-4-13)18-9-12-7-14(19-2)16-15(8-12)20-10-21-16/h3-8,11,18H,9-10H2,1-2H3. The zero-order valence-electron chi connectivity index (χ0n) is 12.1. The Morgan fingerprint density at radius 1 is 1.29 bits per heavy atom. The first-order valence-corrected chi connectivity index (χ1v) is 6.87. The first kappa shape index (κ1) is 13.7. The van der Waals surface area contributed by atoms with Crippen LogP contribution in [0.15, 0.2) is 36.7 Å². The van der Waals surface area contributed by atoms with Gasteiger partial charge in [0.1, 0.15) is 0 Å². The fourth-order valence-corrected chi connectivity index (χ4v) is 2.33. The number of benzene rings is 1. The van der Waals surface area contributed by atoms with E-state index in [1.807, 2.05) is 24.3 Å². The maximum Gasteiger partial charge on any atom is 0.231 e. The summed E-state index contributed by atoms with van der Waals surface area (Å²) in [6, 6.07) is 8.22. The number of methoxy groups -OCH3 is 1. The summed E-state index contributed by atoms with van der Waals surface area (Å²) in [5.74, 6) is 2.13. The third-order valence-corrected chi connectivity index (χ3v) is 3.54. The Morgan fingerprint density at radius 3 is 2.86 bits per heavy atom. The lowest BCUT2D eigenvalue weighted by atomic mass is 10.1. The average molecular weight is 286 g/mol. The van der Waals surface area contributed by atoms with Crippen LogP contribution in [-0.4, -0.2) is 18.9 Å². The highest BCUT2D eigenvalue weighted by Crippen LogP contribution is 2.41. The molecule has 5 nitrogen and oxygen atoms in total. The molecule has 110 valence electrons. The van der Waals surface area contributed by atoms with Gasteiger partial charge in [0.2, 0.25) is 12.5 Å². The van der Waals surface area contributed by atoms with Crippen molar-refractivity contribution < 1.29 is 14.2 Å². The van der Waals surface area contributed by atoms with E-state index >= 15 is 0 Å². The molecule has 0 fully saturated rings. The van der Waals surface area contributed by atoms with E-state index in [-0.39, 0.29) is 12.8 Å². The van der Waals surface area contributed by atoms with Crippen molar-refractivity contribution in [2.75, 3.05) is 13.9 Å². The smallest absolute Gasteiger partial charge is 0.231 e. The number of fused-ring (bicyclic) bond motifs is 1. The van der Waals surface area contributed by atoms with Crippen molar-refractivity contribution in [1.82, 2.24) is 10.3 Å². The maximum absolute atomic E-state index is 5.43. The molecule has 5 heteroatoms. The largest absolute Gasteiger partial charge is 0.493 e. The summed E-state index contributed by atoms with van der Waals surface area (Å²) in [6.45, 7) is 3.09. The number of nitrogens with one attached hydrogen (secondary N) is 1. The molecule has 0 spiro atoms. The predicted octanol–water partition coefficient (Wildman–Crippen LogP) is 2.67. The second kappa shape index (κ2) is 6.01. The van der Waals surface area contributed by atoms with Crippen LogP contribution in [0.1, 0.15) is 24.1 Å². The van der Waals surface area contributed by atoms with Crippen LogP contribution in [0.3, 0.4) is 0 Å². The fraction of sp³-hybridized carbons (Fsp3) is 0.312. The van der Waals surface area contributed by atoms with Gasteiger partial charge in [-0.25, -0.2) is 0 Å². The van der Waals surface area contributed by atoms with Crippen LogP contribution in [0.4, 0.5) is 0 Å². The fourth-order valence-electron chi connectivity index (χ4n) is 2.33. The number of rotatable bonds is 5. The number of ether oxygens (including phenoxy) is 3. The lowest BCUT2D eigenvalue weighted by Gasteiger charge is -2.15. The van der Waals surface area contributed by atoms with Gasteiger partial charge in [0.25, 0.3) is 0 Å². The number of nitrogens with zero attached hydrogens (tertiary/aromatic N) is 1. The van der Waals surface area contributed by atoms with Gasteiger partial charge in [0.15, 0.2) is 11.5 Å². The van der Waals surface area contributed by atoms with Crippen molar-refractivity contribution in [3.8, 4) is 17.2 Å². The SMILES string of the molecule is COc1cc(CNC(C)c2ccncc2)cc2c1OCO2. The Balaban J connectivity index is 1.71. The van der Waals surface area contributed by atoms with E-state index in [2.05, 4.69) is 17.2 Å². The number of pyridine rings is 1. The normalized spacial score (nSPS) is 14.0. The molecular weight excluding hydrogens is 268 g/mol. The third-order valence-electron chi connectivity index (χ3n) is 3.54. The topological polar surface area (TPSA) is 52.6 Å². The molecule has 3 rings (SSSR count). The van der Waals surface area contributed by atoms with Crippen LogP contribution in [0.25, 0.3) is 0 Å². The molecule has 1 aliphatic heterocycles. The Labute approximate surface area is 123 Å². The summed E-state index contributed by atoms with van der Waals surface area (Å²) in [5, 5.41) is 3.48. The van der Waals surface area contributed by atoms with Gasteiger partial charge in [-0.2, -0.15) is 0 Å². The molecule has 1 N–H and O–H groups in total. The first-order chi connectivity index (χ1) is 10.3. The minimum Gasteiger partial charge on any atom is -0.493 e. The van der Waals surface area contributed by atoms with E-state index in [1.54, 1.807) is 19.5 Å². The van der Waals surface area contributed by atoms with Crippen LogP contribution in [-0.2, 0) is 6.54 Å². The molecule has 2 aromatic rings. The quantitative estimate of drug-likeness (QED) is 0.915. The van der Waals surface area contributed by atoms with Gasteiger partial charge in [-0.1, -0.05) is 0 Å². The lowest BCUT2D eigenvalue weighted by Crippen LogP contribution is -2.18. The van der Waals surface area contributed by atoms with Gasteiger partial charge in [-0.05, 0) is 42.3 Å². The van der Waals surface area contributed by atoms with Crippen molar-refractivity contribution in [2.45, 2.75) is 19.5 Å². The van der Waals surface area contributed by atoms with Gasteiger partial charge in [-0.3, -0.25) is 4.98 Å². The molecule has 0 saturated heterocycles. The molecule has 0 bridgehead atoms. The molecule has 1 atom stereocenters. The highest BCUT2D eigenvalue weighted by atomic mass is 16.7. The van der Waals surface area contributed by atoms with E-state index in [0.717, 1.165) is 17.9 Å².